The summed E-state index contributed by atoms with van der Waals surface area (Å²) in [5.74, 6) is -1.50. The van der Waals surface area contributed by atoms with E-state index in [4.69, 9.17) is 5.11 Å². The molecule has 0 heterocycles. The van der Waals surface area contributed by atoms with Gasteiger partial charge in [-0.3, -0.25) is 14.4 Å². The smallest absolute Gasteiger partial charge is 0.303 e. The van der Waals surface area contributed by atoms with Crippen LogP contribution in [-0.2, 0) is 20.8 Å². The van der Waals surface area contributed by atoms with Crippen LogP contribution in [0.25, 0.3) is 11.1 Å². The molecule has 0 spiro atoms. The summed E-state index contributed by atoms with van der Waals surface area (Å²) in [5, 5.41) is 11.8. The van der Waals surface area contributed by atoms with E-state index in [1.54, 1.807) is 6.26 Å². The highest BCUT2D eigenvalue weighted by Gasteiger charge is 2.21. The van der Waals surface area contributed by atoms with Gasteiger partial charge in [0.15, 0.2) is 5.12 Å². The molecule has 5 nitrogen and oxygen atoms in total. The summed E-state index contributed by atoms with van der Waals surface area (Å²) >= 11 is 1.18. The first-order chi connectivity index (χ1) is 13.9. The largest absolute Gasteiger partial charge is 0.481 e. The van der Waals surface area contributed by atoms with Crippen LogP contribution in [0.4, 0.5) is 0 Å². The van der Waals surface area contributed by atoms with Crippen molar-refractivity contribution in [2.24, 2.45) is 5.92 Å². The Morgan fingerprint density at radius 3 is 2.17 bits per heavy atom. The molecule has 0 fully saturated rings. The van der Waals surface area contributed by atoms with Crippen molar-refractivity contribution in [2.45, 2.75) is 38.6 Å². The van der Waals surface area contributed by atoms with Crippen molar-refractivity contribution in [2.75, 3.05) is 6.26 Å². The quantitative estimate of drug-likeness (QED) is 0.611. The molecule has 2 aromatic carbocycles. The number of amides is 1. The first-order valence-electron chi connectivity index (χ1n) is 9.62. The monoisotopic (exact) mass is 413 g/mol. The highest BCUT2D eigenvalue weighted by atomic mass is 32.2. The lowest BCUT2D eigenvalue weighted by Crippen LogP contribution is -2.38. The SMILES string of the molecule is CSC(=O)[C@H](C)C[C@@H](Cc1ccc(-c2ccccc2)cc1)NC(=O)CCC(=O)O. The minimum Gasteiger partial charge on any atom is -0.481 e. The molecule has 0 bridgehead atoms. The second-order valence-corrected chi connectivity index (χ2v) is 7.90. The third-order valence-corrected chi connectivity index (χ3v) is 5.52. The molecule has 6 heteroatoms. The lowest BCUT2D eigenvalue weighted by atomic mass is 9.95. The van der Waals surface area contributed by atoms with Crippen LogP contribution in [-0.4, -0.2) is 34.4 Å². The van der Waals surface area contributed by atoms with Crippen molar-refractivity contribution in [1.29, 1.82) is 0 Å². The molecule has 0 aliphatic rings. The number of carbonyl (C=O) groups excluding carboxylic acids is 2. The highest BCUT2D eigenvalue weighted by Crippen LogP contribution is 2.21. The van der Waals surface area contributed by atoms with Crippen molar-refractivity contribution in [1.82, 2.24) is 5.32 Å². The van der Waals surface area contributed by atoms with Crippen molar-refractivity contribution >= 4 is 28.8 Å². The minimum atomic E-state index is -1.00. The van der Waals surface area contributed by atoms with Crippen LogP contribution in [0.3, 0.4) is 0 Å². The Bertz CT molecular complexity index is 821. The van der Waals surface area contributed by atoms with Gasteiger partial charge in [0.25, 0.3) is 0 Å². The van der Waals surface area contributed by atoms with E-state index in [0.717, 1.165) is 16.7 Å². The van der Waals surface area contributed by atoms with Crippen molar-refractivity contribution < 1.29 is 19.5 Å². The van der Waals surface area contributed by atoms with Crippen LogP contribution in [0.2, 0.25) is 0 Å². The van der Waals surface area contributed by atoms with E-state index >= 15 is 0 Å². The molecule has 29 heavy (non-hydrogen) atoms. The average molecular weight is 414 g/mol. The molecular formula is C23H27NO4S. The topological polar surface area (TPSA) is 83.5 Å². The van der Waals surface area contributed by atoms with E-state index in [2.05, 4.69) is 17.4 Å². The number of carboxylic acids is 1. The molecule has 2 atom stereocenters. The van der Waals surface area contributed by atoms with Gasteiger partial charge in [0.05, 0.1) is 6.42 Å². The van der Waals surface area contributed by atoms with E-state index in [-0.39, 0.29) is 35.8 Å². The van der Waals surface area contributed by atoms with Crippen molar-refractivity contribution in [3.63, 3.8) is 0 Å². The fourth-order valence-corrected chi connectivity index (χ4v) is 3.68. The number of rotatable bonds is 10. The number of benzene rings is 2. The maximum absolute atomic E-state index is 12.1. The van der Waals surface area contributed by atoms with Gasteiger partial charge < -0.3 is 10.4 Å². The van der Waals surface area contributed by atoms with Gasteiger partial charge in [0, 0.05) is 18.4 Å². The minimum absolute atomic E-state index is 0.0658. The molecule has 0 aliphatic carbocycles. The van der Waals surface area contributed by atoms with Gasteiger partial charge >= 0.3 is 5.97 Å². The molecule has 2 aromatic rings. The van der Waals surface area contributed by atoms with Gasteiger partial charge in [-0.05, 0) is 35.8 Å². The van der Waals surface area contributed by atoms with E-state index in [0.29, 0.717) is 12.8 Å². The summed E-state index contributed by atoms with van der Waals surface area (Å²) < 4.78 is 0. The molecule has 0 radical (unpaired) electrons. The number of nitrogens with one attached hydrogen (secondary N) is 1. The fourth-order valence-electron chi connectivity index (χ4n) is 3.19. The second-order valence-electron chi connectivity index (χ2n) is 7.09. The van der Waals surface area contributed by atoms with Gasteiger partial charge in [-0.15, -0.1) is 0 Å². The third kappa shape index (κ3) is 7.74. The molecule has 0 saturated heterocycles. The predicted molar refractivity (Wildman–Crippen MR) is 117 cm³/mol. The summed E-state index contributed by atoms with van der Waals surface area (Å²) in [4.78, 5) is 34.8. The number of thioether (sulfide) groups is 1. The number of hydrogen-bond donors (Lipinski definition) is 2. The third-order valence-electron chi connectivity index (χ3n) is 4.72. The molecular weight excluding hydrogens is 386 g/mol. The molecule has 2 rings (SSSR count). The maximum Gasteiger partial charge on any atom is 0.303 e. The molecule has 0 unspecified atom stereocenters. The number of aliphatic carboxylic acids is 1. The standard InChI is InChI=1S/C23H27NO4S/c1-16(23(28)29-2)14-20(24-21(25)12-13-22(26)27)15-17-8-10-19(11-9-17)18-6-4-3-5-7-18/h3-11,16,20H,12-15H2,1-2H3,(H,24,25)(H,26,27)/t16-,20+/m1/s1. The lowest BCUT2D eigenvalue weighted by molar-refractivity contribution is -0.138. The van der Waals surface area contributed by atoms with Crippen molar-refractivity contribution in [3.8, 4) is 11.1 Å². The number of hydrogen-bond acceptors (Lipinski definition) is 4. The van der Waals surface area contributed by atoms with Gasteiger partial charge in [-0.1, -0.05) is 73.3 Å². The normalized spacial score (nSPS) is 12.8. The first kappa shape index (κ1) is 22.7. The lowest BCUT2D eigenvalue weighted by Gasteiger charge is -2.22. The van der Waals surface area contributed by atoms with Crippen LogP contribution in [0, 0.1) is 5.92 Å². The van der Waals surface area contributed by atoms with Crippen LogP contribution in [0.15, 0.2) is 54.6 Å². The zero-order valence-electron chi connectivity index (χ0n) is 16.8. The maximum atomic E-state index is 12.1. The summed E-state index contributed by atoms with van der Waals surface area (Å²) in [7, 11) is 0. The van der Waals surface area contributed by atoms with Gasteiger partial charge in [0.1, 0.15) is 0 Å². The van der Waals surface area contributed by atoms with E-state index in [1.165, 1.54) is 11.8 Å². The summed E-state index contributed by atoms with van der Waals surface area (Å²) in [6.45, 7) is 1.85. The summed E-state index contributed by atoms with van der Waals surface area (Å²) in [6, 6.07) is 18.0. The Kier molecular flexibility index (Phi) is 8.93. The van der Waals surface area contributed by atoms with Crippen LogP contribution >= 0.6 is 11.8 Å². The molecule has 2 N–H and O–H groups in total. The molecule has 0 saturated carbocycles. The van der Waals surface area contributed by atoms with Crippen molar-refractivity contribution in [3.05, 3.63) is 60.2 Å². The first-order valence-corrected chi connectivity index (χ1v) is 10.8. The Morgan fingerprint density at radius 2 is 1.59 bits per heavy atom. The van der Waals surface area contributed by atoms with Crippen LogP contribution in [0.5, 0.6) is 0 Å². The fraction of sp³-hybridized carbons (Fsp3) is 0.348. The zero-order chi connectivity index (χ0) is 21.2. The number of carboxylic acid groups (broad SMARTS) is 1. The average Bonchev–Trinajstić information content (AvgIpc) is 2.72. The molecule has 1 amide bonds. The Morgan fingerprint density at radius 1 is 0.966 bits per heavy atom. The summed E-state index contributed by atoms with van der Waals surface area (Å²) in [6.07, 6.45) is 2.58. The molecule has 0 aliphatic heterocycles. The Hall–Kier alpha value is -2.60. The highest BCUT2D eigenvalue weighted by molar-refractivity contribution is 8.13. The second kappa shape index (κ2) is 11.4. The zero-order valence-corrected chi connectivity index (χ0v) is 17.6. The van der Waals surface area contributed by atoms with E-state index < -0.39 is 5.97 Å². The Balaban J connectivity index is 2.07. The Labute approximate surface area is 175 Å². The predicted octanol–water partition coefficient (Wildman–Crippen LogP) is 4.16. The molecule has 154 valence electrons. The van der Waals surface area contributed by atoms with Crippen LogP contribution < -0.4 is 5.32 Å². The van der Waals surface area contributed by atoms with Gasteiger partial charge in [-0.2, -0.15) is 0 Å². The number of carbonyl (C=O) groups is 3. The van der Waals surface area contributed by atoms with E-state index in [9.17, 15) is 14.4 Å². The molecule has 0 aromatic heterocycles. The summed E-state index contributed by atoms with van der Waals surface area (Å²) in [5.41, 5.74) is 3.30. The van der Waals surface area contributed by atoms with Gasteiger partial charge in [-0.25, -0.2) is 0 Å². The van der Waals surface area contributed by atoms with Gasteiger partial charge in [0.2, 0.25) is 5.91 Å². The van der Waals surface area contributed by atoms with E-state index in [1.807, 2.05) is 49.4 Å². The van der Waals surface area contributed by atoms with Crippen LogP contribution in [0.1, 0.15) is 31.7 Å².